The fourth-order valence-corrected chi connectivity index (χ4v) is 3.32. The van der Waals surface area contributed by atoms with Crippen molar-refractivity contribution in [1.82, 2.24) is 10.3 Å². The smallest absolute Gasteiger partial charge is 0.220 e. The lowest BCUT2D eigenvalue weighted by Gasteiger charge is -2.12. The maximum atomic E-state index is 11.9. The third-order valence-electron chi connectivity index (χ3n) is 3.93. The van der Waals surface area contributed by atoms with E-state index < -0.39 is 0 Å². The van der Waals surface area contributed by atoms with Crippen molar-refractivity contribution in [3.63, 3.8) is 0 Å². The van der Waals surface area contributed by atoms with E-state index in [1.165, 1.54) is 16.0 Å². The summed E-state index contributed by atoms with van der Waals surface area (Å²) >= 11 is 1.66. The second-order valence-electron chi connectivity index (χ2n) is 5.84. The van der Waals surface area contributed by atoms with Gasteiger partial charge in [0.15, 0.2) is 0 Å². The van der Waals surface area contributed by atoms with E-state index in [9.17, 15) is 4.79 Å². The van der Waals surface area contributed by atoms with Crippen LogP contribution in [0.4, 0.5) is 0 Å². The summed E-state index contributed by atoms with van der Waals surface area (Å²) in [5.41, 5.74) is 10.8. The lowest BCUT2D eigenvalue weighted by Crippen LogP contribution is -2.25. The number of thiazole rings is 1. The summed E-state index contributed by atoms with van der Waals surface area (Å²) in [5, 5.41) is 2.96. The Hall–Kier alpha value is -1.72. The van der Waals surface area contributed by atoms with E-state index in [0.717, 1.165) is 18.5 Å². The second-order valence-corrected chi connectivity index (χ2v) is 6.69. The van der Waals surface area contributed by atoms with Gasteiger partial charge in [-0.2, -0.15) is 0 Å². The number of carbonyl (C=O) groups is 1. The van der Waals surface area contributed by atoms with Gasteiger partial charge < -0.3 is 11.1 Å². The highest BCUT2D eigenvalue weighted by Gasteiger charge is 2.12. The van der Waals surface area contributed by atoms with Gasteiger partial charge in [0.2, 0.25) is 5.91 Å². The molecule has 0 radical (unpaired) electrons. The molecular formula is C18H25N3OS. The minimum Gasteiger partial charge on any atom is -0.356 e. The Balaban J connectivity index is 1.89. The van der Waals surface area contributed by atoms with E-state index in [2.05, 4.69) is 41.5 Å². The molecule has 1 heterocycles. The van der Waals surface area contributed by atoms with Crippen LogP contribution in [0, 0.1) is 6.92 Å². The van der Waals surface area contributed by atoms with Crippen LogP contribution in [0.5, 0.6) is 0 Å². The van der Waals surface area contributed by atoms with Crippen LogP contribution < -0.4 is 11.1 Å². The summed E-state index contributed by atoms with van der Waals surface area (Å²) < 4.78 is 0. The molecule has 2 aromatic rings. The van der Waals surface area contributed by atoms with Crippen LogP contribution in [0.15, 0.2) is 29.8 Å². The average Bonchev–Trinajstić information content (AvgIpc) is 2.98. The molecular weight excluding hydrogens is 306 g/mol. The van der Waals surface area contributed by atoms with Crippen LogP contribution in [0.3, 0.4) is 0 Å². The second kappa shape index (κ2) is 8.79. The van der Waals surface area contributed by atoms with Gasteiger partial charge in [-0.1, -0.05) is 31.2 Å². The van der Waals surface area contributed by atoms with Crippen LogP contribution >= 0.6 is 11.3 Å². The molecule has 2 rings (SSSR count). The molecule has 0 unspecified atom stereocenters. The molecule has 0 saturated heterocycles. The molecule has 1 atom stereocenters. The number of aromatic nitrogens is 1. The van der Waals surface area contributed by atoms with Crippen molar-refractivity contribution >= 4 is 17.2 Å². The zero-order chi connectivity index (χ0) is 16.7. The maximum Gasteiger partial charge on any atom is 0.220 e. The molecule has 5 heteroatoms. The first-order valence-corrected chi connectivity index (χ1v) is 8.97. The number of nitrogens with two attached hydrogens (primary N) is 1. The van der Waals surface area contributed by atoms with Gasteiger partial charge in [-0.15, -0.1) is 11.3 Å². The van der Waals surface area contributed by atoms with Crippen molar-refractivity contribution < 1.29 is 4.79 Å². The summed E-state index contributed by atoms with van der Waals surface area (Å²) in [6.45, 7) is 5.51. The molecule has 0 aliphatic rings. The Kier molecular flexibility index (Phi) is 6.74. The first-order chi connectivity index (χ1) is 11.1. The van der Waals surface area contributed by atoms with Crippen molar-refractivity contribution in [3.05, 3.63) is 41.0 Å². The minimum atomic E-state index is 0.108. The third-order valence-corrected chi connectivity index (χ3v) is 4.91. The van der Waals surface area contributed by atoms with E-state index in [4.69, 9.17) is 5.73 Å². The maximum absolute atomic E-state index is 11.9. The Bertz CT molecular complexity index is 621. The molecule has 0 aliphatic heterocycles. The van der Waals surface area contributed by atoms with Crippen LogP contribution in [0.2, 0.25) is 0 Å². The number of hydrogen-bond donors (Lipinski definition) is 2. The summed E-state index contributed by atoms with van der Waals surface area (Å²) in [5.74, 6) is 0.318. The number of nitrogens with one attached hydrogen (secondary N) is 1. The highest BCUT2D eigenvalue weighted by molar-refractivity contribution is 7.13. The first kappa shape index (κ1) is 17.6. The van der Waals surface area contributed by atoms with Gasteiger partial charge in [-0.05, 0) is 43.4 Å². The number of unbranched alkanes of at least 4 members (excludes halogenated alkanes) is 1. The van der Waals surface area contributed by atoms with Crippen molar-refractivity contribution in [2.24, 2.45) is 5.73 Å². The Morgan fingerprint density at radius 2 is 2.04 bits per heavy atom. The predicted molar refractivity (Wildman–Crippen MR) is 96.6 cm³/mol. The number of aryl methyl sites for hydroxylation is 1. The largest absolute Gasteiger partial charge is 0.356 e. The minimum absolute atomic E-state index is 0.108. The molecule has 23 heavy (non-hydrogen) atoms. The lowest BCUT2D eigenvalue weighted by molar-refractivity contribution is -0.121. The molecule has 0 fully saturated rings. The highest BCUT2D eigenvalue weighted by atomic mass is 32.1. The van der Waals surface area contributed by atoms with Gasteiger partial charge in [-0.25, -0.2) is 4.98 Å². The molecule has 1 aromatic carbocycles. The lowest BCUT2D eigenvalue weighted by atomic mass is 9.96. The van der Waals surface area contributed by atoms with Crippen molar-refractivity contribution in [3.8, 4) is 10.4 Å². The summed E-state index contributed by atoms with van der Waals surface area (Å²) in [6.07, 6.45) is 2.41. The molecule has 0 aliphatic carbocycles. The van der Waals surface area contributed by atoms with Crippen LogP contribution in [-0.2, 0) is 4.79 Å². The monoisotopic (exact) mass is 331 g/mol. The normalized spacial score (nSPS) is 12.1. The van der Waals surface area contributed by atoms with Crippen molar-refractivity contribution in [2.75, 3.05) is 13.1 Å². The fourth-order valence-electron chi connectivity index (χ4n) is 2.51. The summed E-state index contributed by atoms with van der Waals surface area (Å²) in [6, 6.07) is 8.46. The van der Waals surface area contributed by atoms with E-state index in [1.807, 2.05) is 12.4 Å². The highest BCUT2D eigenvalue weighted by Crippen LogP contribution is 2.29. The van der Waals surface area contributed by atoms with Crippen molar-refractivity contribution in [2.45, 2.75) is 39.0 Å². The standard InChI is InChI=1S/C18H25N3OS/c1-13(11-17(22)20-10-4-3-9-19)15-5-7-16(8-6-15)18-14(2)21-12-23-18/h5-8,12-13H,3-4,9-11,19H2,1-2H3,(H,20,22)/t13-/m0/s1. The Morgan fingerprint density at radius 3 is 2.65 bits per heavy atom. The Morgan fingerprint density at radius 1 is 1.30 bits per heavy atom. The predicted octanol–water partition coefficient (Wildman–Crippen LogP) is 3.47. The van der Waals surface area contributed by atoms with Crippen LogP contribution in [0.25, 0.3) is 10.4 Å². The molecule has 3 N–H and O–H groups in total. The fraction of sp³-hybridized carbons (Fsp3) is 0.444. The SMILES string of the molecule is Cc1ncsc1-c1ccc([C@@H](C)CC(=O)NCCCCN)cc1. The number of hydrogen-bond acceptors (Lipinski definition) is 4. The number of carbonyl (C=O) groups excluding carboxylic acids is 1. The van der Waals surface area contributed by atoms with E-state index in [0.29, 0.717) is 19.5 Å². The average molecular weight is 331 g/mol. The van der Waals surface area contributed by atoms with Crippen molar-refractivity contribution in [1.29, 1.82) is 0 Å². The molecule has 0 spiro atoms. The van der Waals surface area contributed by atoms with Gasteiger partial charge in [0.05, 0.1) is 16.1 Å². The van der Waals surface area contributed by atoms with Gasteiger partial charge >= 0.3 is 0 Å². The summed E-state index contributed by atoms with van der Waals surface area (Å²) in [7, 11) is 0. The summed E-state index contributed by atoms with van der Waals surface area (Å²) in [4.78, 5) is 17.4. The van der Waals surface area contributed by atoms with Gasteiger partial charge in [0.1, 0.15) is 0 Å². The van der Waals surface area contributed by atoms with E-state index in [1.54, 1.807) is 11.3 Å². The van der Waals surface area contributed by atoms with Gasteiger partial charge in [0.25, 0.3) is 0 Å². The van der Waals surface area contributed by atoms with Gasteiger partial charge in [-0.3, -0.25) is 4.79 Å². The number of benzene rings is 1. The number of nitrogens with zero attached hydrogens (tertiary/aromatic N) is 1. The molecule has 0 bridgehead atoms. The van der Waals surface area contributed by atoms with E-state index in [-0.39, 0.29) is 11.8 Å². The number of amides is 1. The quantitative estimate of drug-likeness (QED) is 0.728. The number of rotatable bonds is 8. The molecule has 0 saturated carbocycles. The van der Waals surface area contributed by atoms with Gasteiger partial charge in [0, 0.05) is 13.0 Å². The molecule has 4 nitrogen and oxygen atoms in total. The van der Waals surface area contributed by atoms with Crippen LogP contribution in [0.1, 0.15) is 43.4 Å². The molecule has 1 amide bonds. The first-order valence-electron chi connectivity index (χ1n) is 8.09. The van der Waals surface area contributed by atoms with E-state index >= 15 is 0 Å². The van der Waals surface area contributed by atoms with Crippen LogP contribution in [-0.4, -0.2) is 24.0 Å². The topological polar surface area (TPSA) is 68.0 Å². The zero-order valence-corrected chi connectivity index (χ0v) is 14.7. The third kappa shape index (κ3) is 5.15. The zero-order valence-electron chi connectivity index (χ0n) is 13.8. The molecule has 124 valence electrons. The Labute approximate surface area is 142 Å². The molecule has 1 aromatic heterocycles.